The van der Waals surface area contributed by atoms with E-state index < -0.39 is 0 Å². The lowest BCUT2D eigenvalue weighted by Crippen LogP contribution is -2.54. The second kappa shape index (κ2) is 6.43. The molecule has 116 valence electrons. The zero-order valence-corrected chi connectivity index (χ0v) is 13.2. The maximum Gasteiger partial charge on any atom is 0.242 e. The van der Waals surface area contributed by atoms with Crippen LogP contribution in [0.3, 0.4) is 0 Å². The molecule has 2 unspecified atom stereocenters. The minimum absolute atomic E-state index is 0.0188. The van der Waals surface area contributed by atoms with Gasteiger partial charge in [0.2, 0.25) is 5.91 Å². The molecule has 1 aromatic carbocycles. The molecule has 1 fully saturated rings. The Morgan fingerprint density at radius 1 is 1.52 bits per heavy atom. The van der Waals surface area contributed by atoms with Crippen LogP contribution in [-0.4, -0.2) is 31.6 Å². The Morgan fingerprint density at radius 3 is 2.90 bits per heavy atom. The van der Waals surface area contributed by atoms with Gasteiger partial charge < -0.3 is 15.5 Å². The number of nitrogens with one attached hydrogen (secondary N) is 2. The highest BCUT2D eigenvalue weighted by molar-refractivity contribution is 5.86. The molecule has 0 radical (unpaired) electrons. The number of hydrogen-bond acceptors (Lipinski definition) is 3. The molecule has 0 aliphatic carbocycles. The highest BCUT2D eigenvalue weighted by atomic mass is 19.1. The van der Waals surface area contributed by atoms with Crippen LogP contribution in [0.1, 0.15) is 37.9 Å². The predicted molar refractivity (Wildman–Crippen MR) is 83.0 cm³/mol. The fourth-order valence-electron chi connectivity index (χ4n) is 2.80. The number of amides is 1. The Labute approximate surface area is 125 Å². The van der Waals surface area contributed by atoms with Crippen LogP contribution >= 0.6 is 0 Å². The van der Waals surface area contributed by atoms with E-state index in [2.05, 4.69) is 15.5 Å². The molecule has 1 aliphatic heterocycles. The van der Waals surface area contributed by atoms with E-state index in [9.17, 15) is 9.18 Å². The van der Waals surface area contributed by atoms with Gasteiger partial charge in [0.15, 0.2) is 0 Å². The molecule has 1 aliphatic rings. The van der Waals surface area contributed by atoms with Crippen LogP contribution in [-0.2, 0) is 4.79 Å². The number of carbonyl (C=O) groups is 1. The number of halogens is 1. The fourth-order valence-corrected chi connectivity index (χ4v) is 2.80. The van der Waals surface area contributed by atoms with E-state index in [1.165, 1.54) is 0 Å². The van der Waals surface area contributed by atoms with E-state index in [4.69, 9.17) is 0 Å². The van der Waals surface area contributed by atoms with Crippen molar-refractivity contribution in [1.29, 1.82) is 0 Å². The summed E-state index contributed by atoms with van der Waals surface area (Å²) in [6.07, 6.45) is 0. The normalized spacial score (nSPS) is 20.3. The number of benzene rings is 1. The summed E-state index contributed by atoms with van der Waals surface area (Å²) in [5.74, 6) is -0.183. The first-order valence-electron chi connectivity index (χ1n) is 7.53. The number of piperazine rings is 1. The van der Waals surface area contributed by atoms with E-state index in [-0.39, 0.29) is 23.8 Å². The maximum absolute atomic E-state index is 14.0. The second-order valence-electron chi connectivity index (χ2n) is 5.60. The molecule has 2 N–H and O–H groups in total. The van der Waals surface area contributed by atoms with Crippen LogP contribution in [0.25, 0.3) is 0 Å². The zero-order chi connectivity index (χ0) is 15.6. The molecule has 0 spiro atoms. The lowest BCUT2D eigenvalue weighted by molar-refractivity contribution is -0.122. The number of carbonyl (C=O) groups excluding carboxylic acids is 1. The van der Waals surface area contributed by atoms with Crippen molar-refractivity contribution < 1.29 is 9.18 Å². The average Bonchev–Trinajstić information content (AvgIpc) is 2.45. The van der Waals surface area contributed by atoms with Crippen molar-refractivity contribution in [3.05, 3.63) is 29.1 Å². The van der Waals surface area contributed by atoms with E-state index in [0.29, 0.717) is 12.1 Å². The number of aryl methyl sites for hydroxylation is 1. The average molecular weight is 293 g/mol. The highest BCUT2D eigenvalue weighted by Gasteiger charge is 2.28. The SMILES string of the molecule is CCNC(C)c1cc(F)c(C)cc1N1CCNC(=O)C1C. The summed E-state index contributed by atoms with van der Waals surface area (Å²) in [7, 11) is 0. The zero-order valence-electron chi connectivity index (χ0n) is 13.2. The van der Waals surface area contributed by atoms with Gasteiger partial charge in [0, 0.05) is 24.8 Å². The first kappa shape index (κ1) is 15.8. The molecular weight excluding hydrogens is 269 g/mol. The Hall–Kier alpha value is -1.62. The van der Waals surface area contributed by atoms with E-state index in [1.807, 2.05) is 26.8 Å². The number of nitrogens with zero attached hydrogens (tertiary/aromatic N) is 1. The van der Waals surface area contributed by atoms with Crippen LogP contribution in [0, 0.1) is 12.7 Å². The Bertz CT molecular complexity index is 532. The quantitative estimate of drug-likeness (QED) is 0.894. The molecule has 1 amide bonds. The molecule has 4 nitrogen and oxygen atoms in total. The van der Waals surface area contributed by atoms with Crippen LogP contribution in [0.5, 0.6) is 0 Å². The Morgan fingerprint density at radius 2 is 2.24 bits per heavy atom. The van der Waals surface area contributed by atoms with Crippen molar-refractivity contribution in [2.24, 2.45) is 0 Å². The lowest BCUT2D eigenvalue weighted by atomic mass is 10.00. The summed E-state index contributed by atoms with van der Waals surface area (Å²) in [4.78, 5) is 14.0. The van der Waals surface area contributed by atoms with Crippen LogP contribution in [0.15, 0.2) is 12.1 Å². The van der Waals surface area contributed by atoms with Gasteiger partial charge in [-0.3, -0.25) is 4.79 Å². The molecule has 2 atom stereocenters. The highest BCUT2D eigenvalue weighted by Crippen LogP contribution is 2.31. The first-order chi connectivity index (χ1) is 9.95. The van der Waals surface area contributed by atoms with Crippen molar-refractivity contribution >= 4 is 11.6 Å². The van der Waals surface area contributed by atoms with Crippen molar-refractivity contribution in [1.82, 2.24) is 10.6 Å². The van der Waals surface area contributed by atoms with Gasteiger partial charge in [0.05, 0.1) is 0 Å². The maximum atomic E-state index is 14.0. The largest absolute Gasteiger partial charge is 0.358 e. The second-order valence-corrected chi connectivity index (χ2v) is 5.60. The van der Waals surface area contributed by atoms with Crippen molar-refractivity contribution in [3.63, 3.8) is 0 Å². The molecule has 0 saturated carbocycles. The van der Waals surface area contributed by atoms with E-state index in [0.717, 1.165) is 24.3 Å². The molecule has 2 rings (SSSR count). The summed E-state index contributed by atoms with van der Waals surface area (Å²) in [5, 5.41) is 6.18. The minimum atomic E-state index is -0.240. The van der Waals surface area contributed by atoms with E-state index in [1.54, 1.807) is 13.0 Å². The van der Waals surface area contributed by atoms with Gasteiger partial charge in [-0.1, -0.05) is 6.92 Å². The number of rotatable bonds is 4. The van der Waals surface area contributed by atoms with Gasteiger partial charge in [-0.25, -0.2) is 4.39 Å². The van der Waals surface area contributed by atoms with Crippen LogP contribution in [0.4, 0.5) is 10.1 Å². The van der Waals surface area contributed by atoms with Gasteiger partial charge >= 0.3 is 0 Å². The minimum Gasteiger partial charge on any atom is -0.358 e. The number of anilines is 1. The van der Waals surface area contributed by atoms with Crippen molar-refractivity contribution in [2.45, 2.75) is 39.8 Å². The predicted octanol–water partition coefficient (Wildman–Crippen LogP) is 2.13. The summed E-state index contributed by atoms with van der Waals surface area (Å²) in [5.41, 5.74) is 2.46. The Balaban J connectivity index is 2.45. The molecular formula is C16H24FN3O. The van der Waals surface area contributed by atoms with Gasteiger partial charge in [-0.15, -0.1) is 0 Å². The monoisotopic (exact) mass is 293 g/mol. The molecule has 1 heterocycles. The molecule has 0 bridgehead atoms. The van der Waals surface area contributed by atoms with Gasteiger partial charge in [0.1, 0.15) is 11.9 Å². The van der Waals surface area contributed by atoms with Crippen molar-refractivity contribution in [3.8, 4) is 0 Å². The van der Waals surface area contributed by atoms with Gasteiger partial charge in [-0.05, 0) is 50.6 Å². The summed E-state index contributed by atoms with van der Waals surface area (Å²) in [6.45, 7) is 9.86. The Kier molecular flexibility index (Phi) is 4.83. The number of hydrogen-bond donors (Lipinski definition) is 2. The molecule has 1 saturated heterocycles. The molecule has 5 heteroatoms. The van der Waals surface area contributed by atoms with Gasteiger partial charge in [0.25, 0.3) is 0 Å². The van der Waals surface area contributed by atoms with Crippen LogP contribution in [0.2, 0.25) is 0 Å². The third kappa shape index (κ3) is 3.18. The topological polar surface area (TPSA) is 44.4 Å². The summed E-state index contributed by atoms with van der Waals surface area (Å²) in [6, 6.07) is 3.25. The summed E-state index contributed by atoms with van der Waals surface area (Å²) >= 11 is 0. The van der Waals surface area contributed by atoms with Crippen LogP contribution < -0.4 is 15.5 Å². The molecule has 0 aromatic heterocycles. The standard InChI is InChI=1S/C16H24FN3O/c1-5-18-11(3)13-9-14(17)10(2)8-15(13)20-7-6-19-16(21)12(20)4/h8-9,11-12,18H,5-7H2,1-4H3,(H,19,21). The molecule has 21 heavy (non-hydrogen) atoms. The van der Waals surface area contributed by atoms with Crippen molar-refractivity contribution in [2.75, 3.05) is 24.5 Å². The van der Waals surface area contributed by atoms with Gasteiger partial charge in [-0.2, -0.15) is 0 Å². The van der Waals surface area contributed by atoms with E-state index >= 15 is 0 Å². The smallest absolute Gasteiger partial charge is 0.242 e. The fraction of sp³-hybridized carbons (Fsp3) is 0.562. The third-order valence-corrected chi connectivity index (χ3v) is 4.09. The molecule has 1 aromatic rings. The lowest BCUT2D eigenvalue weighted by Gasteiger charge is -2.37. The third-order valence-electron chi connectivity index (χ3n) is 4.09. The first-order valence-corrected chi connectivity index (χ1v) is 7.53. The summed E-state index contributed by atoms with van der Waals surface area (Å²) < 4.78 is 14.0.